The number of hydrogen-bond acceptors (Lipinski definition) is 4. The molecule has 0 saturated carbocycles. The highest BCUT2D eigenvalue weighted by molar-refractivity contribution is 6.60. The highest BCUT2D eigenvalue weighted by Gasteiger charge is 2.39. The van der Waals surface area contributed by atoms with E-state index >= 15 is 0 Å². The molecule has 5 heteroatoms. The second-order valence-corrected chi connectivity index (χ2v) is 5.94. The van der Waals surface area contributed by atoms with E-state index in [9.17, 15) is 14.9 Å². The van der Waals surface area contributed by atoms with Crippen molar-refractivity contribution >= 4 is 18.4 Å². The number of hydrogen-bond donors (Lipinski definition) is 2. The lowest BCUT2D eigenvalue weighted by Gasteiger charge is -2.38. The number of carbonyl (C=O) groups is 1. The van der Waals surface area contributed by atoms with Gasteiger partial charge in [0.15, 0.2) is 5.78 Å². The second kappa shape index (κ2) is 6.08. The number of carbonyl (C=O) groups excluding carboxylic acids is 1. The van der Waals surface area contributed by atoms with Crippen LogP contribution < -0.4 is 5.46 Å². The molecular weight excluding hydrogens is 255 g/mol. The maximum Gasteiger partial charge on any atom is 0.491 e. The maximum absolute atomic E-state index is 11.5. The predicted molar refractivity (Wildman–Crippen MR) is 80.1 cm³/mol. The van der Waals surface area contributed by atoms with E-state index in [-0.39, 0.29) is 5.78 Å². The van der Waals surface area contributed by atoms with E-state index in [0.717, 1.165) is 0 Å². The van der Waals surface area contributed by atoms with Crippen LogP contribution in [0.15, 0.2) is 24.3 Å². The SMILES string of the molecule is CCC(=O)c1ccc(B(O)OC(C)(C)C(C)(C)O)cc1. The Bertz CT molecular complexity index is 460. The van der Waals surface area contributed by atoms with Crippen LogP contribution in [0.25, 0.3) is 0 Å². The highest BCUT2D eigenvalue weighted by atomic mass is 16.5. The third-order valence-electron chi connectivity index (χ3n) is 3.72. The van der Waals surface area contributed by atoms with Crippen LogP contribution in [0.1, 0.15) is 51.4 Å². The van der Waals surface area contributed by atoms with E-state index in [0.29, 0.717) is 17.4 Å². The Hall–Kier alpha value is -1.17. The van der Waals surface area contributed by atoms with Crippen molar-refractivity contribution in [3.05, 3.63) is 29.8 Å². The molecule has 110 valence electrons. The molecule has 20 heavy (non-hydrogen) atoms. The molecule has 0 atom stereocenters. The van der Waals surface area contributed by atoms with Gasteiger partial charge in [0.1, 0.15) is 0 Å². The van der Waals surface area contributed by atoms with E-state index in [4.69, 9.17) is 4.65 Å². The fraction of sp³-hybridized carbons (Fsp3) is 0.533. The standard InChI is InChI=1S/C15H23BO4/c1-6-13(17)11-7-9-12(10-8-11)16(19)20-15(4,5)14(2,3)18/h7-10,18-19H,6H2,1-5H3. The Morgan fingerprint density at radius 2 is 1.70 bits per heavy atom. The summed E-state index contributed by atoms with van der Waals surface area (Å²) in [6.07, 6.45) is 0.449. The van der Waals surface area contributed by atoms with Crippen LogP contribution in [0.2, 0.25) is 0 Å². The normalized spacial score (nSPS) is 12.3. The molecule has 4 nitrogen and oxygen atoms in total. The van der Waals surface area contributed by atoms with Gasteiger partial charge in [-0.15, -0.1) is 0 Å². The number of Topliss-reactive ketones (excluding diaryl/α,β-unsaturated/α-hetero) is 1. The van der Waals surface area contributed by atoms with Gasteiger partial charge in [0.2, 0.25) is 0 Å². The van der Waals surface area contributed by atoms with Gasteiger partial charge < -0.3 is 14.8 Å². The van der Waals surface area contributed by atoms with Crippen LogP contribution in [0.5, 0.6) is 0 Å². The van der Waals surface area contributed by atoms with E-state index in [2.05, 4.69) is 0 Å². The highest BCUT2D eigenvalue weighted by Crippen LogP contribution is 2.25. The lowest BCUT2D eigenvalue weighted by atomic mass is 9.76. The molecule has 0 aromatic heterocycles. The van der Waals surface area contributed by atoms with E-state index in [1.807, 2.05) is 0 Å². The zero-order valence-corrected chi connectivity index (χ0v) is 12.8. The van der Waals surface area contributed by atoms with Crippen LogP contribution >= 0.6 is 0 Å². The van der Waals surface area contributed by atoms with E-state index < -0.39 is 18.3 Å². The summed E-state index contributed by atoms with van der Waals surface area (Å²) in [7, 11) is -1.15. The number of rotatable bonds is 6. The van der Waals surface area contributed by atoms with Crippen molar-refractivity contribution < 1.29 is 19.6 Å². The minimum atomic E-state index is -1.15. The Morgan fingerprint density at radius 3 is 2.10 bits per heavy atom. The first-order chi connectivity index (χ1) is 9.08. The summed E-state index contributed by atoms with van der Waals surface area (Å²) in [5, 5.41) is 20.1. The quantitative estimate of drug-likeness (QED) is 0.611. The van der Waals surface area contributed by atoms with Gasteiger partial charge in [0, 0.05) is 12.0 Å². The summed E-state index contributed by atoms with van der Waals surface area (Å²) < 4.78 is 5.54. The topological polar surface area (TPSA) is 66.8 Å². The van der Waals surface area contributed by atoms with Crippen LogP contribution in [0.4, 0.5) is 0 Å². The predicted octanol–water partition coefficient (Wildman–Crippen LogP) is 1.53. The van der Waals surface area contributed by atoms with Crippen LogP contribution in [-0.4, -0.2) is 34.2 Å². The third kappa shape index (κ3) is 3.92. The van der Waals surface area contributed by atoms with Crippen LogP contribution in [0, 0.1) is 0 Å². The van der Waals surface area contributed by atoms with Crippen molar-refractivity contribution in [1.82, 2.24) is 0 Å². The fourth-order valence-corrected chi connectivity index (χ4v) is 1.53. The molecule has 0 bridgehead atoms. The second-order valence-electron chi connectivity index (χ2n) is 5.94. The van der Waals surface area contributed by atoms with Crippen molar-refractivity contribution in [2.75, 3.05) is 0 Å². The summed E-state index contributed by atoms with van der Waals surface area (Å²) in [5.74, 6) is 0.0591. The first kappa shape index (κ1) is 16.9. The number of benzene rings is 1. The number of ketones is 1. The van der Waals surface area contributed by atoms with Crippen molar-refractivity contribution in [1.29, 1.82) is 0 Å². The van der Waals surface area contributed by atoms with Crippen LogP contribution in [0.3, 0.4) is 0 Å². The van der Waals surface area contributed by atoms with E-state index in [1.165, 1.54) is 0 Å². The summed E-state index contributed by atoms with van der Waals surface area (Å²) in [6.45, 7) is 8.49. The number of aliphatic hydroxyl groups is 1. The van der Waals surface area contributed by atoms with Crippen molar-refractivity contribution in [2.45, 2.75) is 52.2 Å². The molecule has 1 aromatic rings. The smallest absolute Gasteiger partial charge is 0.423 e. The Labute approximate surface area is 120 Å². The maximum atomic E-state index is 11.5. The molecule has 0 radical (unpaired) electrons. The summed E-state index contributed by atoms with van der Waals surface area (Å²) in [5.41, 5.74) is -0.837. The molecular formula is C15H23BO4. The minimum absolute atomic E-state index is 0.0591. The molecule has 0 heterocycles. The molecule has 0 unspecified atom stereocenters. The lowest BCUT2D eigenvalue weighted by molar-refractivity contribution is -0.0982. The Morgan fingerprint density at radius 1 is 1.20 bits per heavy atom. The first-order valence-electron chi connectivity index (χ1n) is 6.80. The van der Waals surface area contributed by atoms with Gasteiger partial charge >= 0.3 is 7.12 Å². The third-order valence-corrected chi connectivity index (χ3v) is 3.72. The van der Waals surface area contributed by atoms with Gasteiger partial charge in [-0.05, 0) is 33.2 Å². The molecule has 1 rings (SSSR count). The Kier molecular flexibility index (Phi) is 5.13. The van der Waals surface area contributed by atoms with Crippen molar-refractivity contribution in [2.24, 2.45) is 0 Å². The zero-order valence-electron chi connectivity index (χ0n) is 12.8. The molecule has 2 N–H and O–H groups in total. The van der Waals surface area contributed by atoms with Crippen molar-refractivity contribution in [3.63, 3.8) is 0 Å². The average molecular weight is 278 g/mol. The van der Waals surface area contributed by atoms with Gasteiger partial charge in [-0.2, -0.15) is 0 Å². The molecule has 0 aliphatic rings. The van der Waals surface area contributed by atoms with Crippen LogP contribution in [-0.2, 0) is 4.65 Å². The van der Waals surface area contributed by atoms with Gasteiger partial charge in [-0.3, -0.25) is 4.79 Å². The molecule has 0 spiro atoms. The molecule has 1 aromatic carbocycles. The molecule has 0 amide bonds. The summed E-state index contributed by atoms with van der Waals surface area (Å²) in [4.78, 5) is 11.5. The largest absolute Gasteiger partial charge is 0.491 e. The molecule has 0 fully saturated rings. The molecule has 0 aliphatic carbocycles. The van der Waals surface area contributed by atoms with Gasteiger partial charge in [0.05, 0.1) is 11.2 Å². The van der Waals surface area contributed by atoms with Gasteiger partial charge in [0.25, 0.3) is 0 Å². The molecule has 0 saturated heterocycles. The monoisotopic (exact) mass is 278 g/mol. The summed E-state index contributed by atoms with van der Waals surface area (Å²) in [6, 6.07) is 6.66. The lowest BCUT2D eigenvalue weighted by Crippen LogP contribution is -2.53. The summed E-state index contributed by atoms with van der Waals surface area (Å²) >= 11 is 0. The zero-order chi connectivity index (χ0) is 15.6. The van der Waals surface area contributed by atoms with Gasteiger partial charge in [-0.1, -0.05) is 31.2 Å². The first-order valence-corrected chi connectivity index (χ1v) is 6.80. The minimum Gasteiger partial charge on any atom is -0.423 e. The fourth-order valence-electron chi connectivity index (χ4n) is 1.53. The molecule has 0 aliphatic heterocycles. The Balaban J connectivity index is 2.83. The van der Waals surface area contributed by atoms with Gasteiger partial charge in [-0.25, -0.2) is 0 Å². The van der Waals surface area contributed by atoms with E-state index in [1.54, 1.807) is 58.9 Å². The van der Waals surface area contributed by atoms with Crippen molar-refractivity contribution in [3.8, 4) is 0 Å². The average Bonchev–Trinajstić information content (AvgIpc) is 2.36.